The molecule has 0 saturated heterocycles. The minimum absolute atomic E-state index is 0.709. The van der Waals surface area contributed by atoms with Gasteiger partial charge in [-0.2, -0.15) is 0 Å². The summed E-state index contributed by atoms with van der Waals surface area (Å²) in [5.41, 5.74) is 1.16. The Morgan fingerprint density at radius 2 is 2.05 bits per heavy atom. The topological polar surface area (TPSA) is 21.3 Å². The van der Waals surface area contributed by atoms with Crippen LogP contribution >= 0.6 is 11.6 Å². The number of hydrogen-bond donors (Lipinski definition) is 1. The maximum Gasteiger partial charge on any atom is 0.137 e. The predicted molar refractivity (Wildman–Crippen MR) is 81.2 cm³/mol. The second kappa shape index (κ2) is 7.76. The molecule has 0 spiro atoms. The summed E-state index contributed by atoms with van der Waals surface area (Å²) in [7, 11) is 0. The van der Waals surface area contributed by atoms with Gasteiger partial charge >= 0.3 is 0 Å². The van der Waals surface area contributed by atoms with Crippen LogP contribution < -0.4 is 10.1 Å². The highest BCUT2D eigenvalue weighted by molar-refractivity contribution is 6.32. The van der Waals surface area contributed by atoms with Crippen LogP contribution in [0, 0.1) is 6.92 Å². The van der Waals surface area contributed by atoms with Gasteiger partial charge in [0.05, 0.1) is 11.6 Å². The Labute approximate surface area is 121 Å². The zero-order chi connectivity index (χ0) is 13.5. The van der Waals surface area contributed by atoms with Crippen molar-refractivity contribution in [1.29, 1.82) is 0 Å². The van der Waals surface area contributed by atoms with Gasteiger partial charge in [-0.25, -0.2) is 0 Å². The maximum absolute atomic E-state index is 6.12. The van der Waals surface area contributed by atoms with Gasteiger partial charge in [0.2, 0.25) is 0 Å². The monoisotopic (exact) mass is 281 g/mol. The number of hydrogen-bond acceptors (Lipinski definition) is 2. The van der Waals surface area contributed by atoms with Crippen LogP contribution in [0.1, 0.15) is 44.1 Å². The van der Waals surface area contributed by atoms with Crippen molar-refractivity contribution in [1.82, 2.24) is 5.32 Å². The summed E-state index contributed by atoms with van der Waals surface area (Å²) in [6.45, 7) is 3.79. The number of rotatable bonds is 6. The first-order valence-electron chi connectivity index (χ1n) is 7.38. The molecule has 0 unspecified atom stereocenters. The molecule has 0 aromatic heterocycles. The van der Waals surface area contributed by atoms with Crippen molar-refractivity contribution >= 4 is 11.6 Å². The Morgan fingerprint density at radius 3 is 2.79 bits per heavy atom. The molecule has 2 nitrogen and oxygen atoms in total. The second-order valence-electron chi connectivity index (χ2n) is 5.42. The van der Waals surface area contributed by atoms with E-state index < -0.39 is 0 Å². The fourth-order valence-electron chi connectivity index (χ4n) is 2.59. The fraction of sp³-hybridized carbons (Fsp3) is 0.625. The lowest BCUT2D eigenvalue weighted by Gasteiger charge is -2.22. The van der Waals surface area contributed by atoms with E-state index >= 15 is 0 Å². The fourth-order valence-corrected chi connectivity index (χ4v) is 2.88. The average molecular weight is 282 g/mol. The van der Waals surface area contributed by atoms with E-state index in [-0.39, 0.29) is 0 Å². The molecule has 2 rings (SSSR count). The van der Waals surface area contributed by atoms with Gasteiger partial charge in [-0.05, 0) is 50.4 Å². The lowest BCUT2D eigenvalue weighted by atomic mass is 9.95. The van der Waals surface area contributed by atoms with Crippen molar-refractivity contribution in [2.45, 2.75) is 51.5 Å². The van der Waals surface area contributed by atoms with Crippen molar-refractivity contribution in [2.75, 3.05) is 13.2 Å². The molecule has 1 saturated carbocycles. The minimum Gasteiger partial charge on any atom is -0.492 e. The summed E-state index contributed by atoms with van der Waals surface area (Å²) in [5.74, 6) is 0.796. The molecule has 1 aliphatic carbocycles. The molecule has 0 atom stereocenters. The summed E-state index contributed by atoms with van der Waals surface area (Å²) in [4.78, 5) is 0. The van der Waals surface area contributed by atoms with Crippen LogP contribution in [0.4, 0.5) is 0 Å². The molecular formula is C16H24ClNO. The van der Waals surface area contributed by atoms with Crippen LogP contribution in [-0.4, -0.2) is 19.2 Å². The highest BCUT2D eigenvalue weighted by atomic mass is 35.5. The third kappa shape index (κ3) is 5.04. The summed E-state index contributed by atoms with van der Waals surface area (Å²) < 4.78 is 5.71. The van der Waals surface area contributed by atoms with Gasteiger partial charge in [0.15, 0.2) is 0 Å². The zero-order valence-electron chi connectivity index (χ0n) is 11.8. The van der Waals surface area contributed by atoms with E-state index in [1.54, 1.807) is 0 Å². The second-order valence-corrected chi connectivity index (χ2v) is 5.83. The van der Waals surface area contributed by atoms with Crippen LogP contribution in [0.3, 0.4) is 0 Å². The van der Waals surface area contributed by atoms with Crippen LogP contribution in [-0.2, 0) is 0 Å². The highest BCUT2D eigenvalue weighted by Gasteiger charge is 2.11. The molecule has 0 bridgehead atoms. The van der Waals surface area contributed by atoms with Crippen LogP contribution in [0.5, 0.6) is 5.75 Å². The Hall–Kier alpha value is -0.730. The quantitative estimate of drug-likeness (QED) is 0.783. The lowest BCUT2D eigenvalue weighted by molar-refractivity contribution is 0.297. The molecule has 0 heterocycles. The molecule has 1 fully saturated rings. The van der Waals surface area contributed by atoms with Gasteiger partial charge < -0.3 is 10.1 Å². The molecule has 1 aliphatic rings. The number of benzene rings is 1. The van der Waals surface area contributed by atoms with Crippen LogP contribution in [0.25, 0.3) is 0 Å². The third-order valence-corrected chi connectivity index (χ3v) is 4.00. The van der Waals surface area contributed by atoms with Gasteiger partial charge in [0, 0.05) is 6.04 Å². The molecule has 0 aliphatic heterocycles. The average Bonchev–Trinajstić information content (AvgIpc) is 2.42. The zero-order valence-corrected chi connectivity index (χ0v) is 12.5. The van der Waals surface area contributed by atoms with Crippen molar-refractivity contribution in [3.63, 3.8) is 0 Å². The summed E-state index contributed by atoms with van der Waals surface area (Å²) in [6, 6.07) is 6.65. The molecular weight excluding hydrogens is 258 g/mol. The molecule has 1 aromatic rings. The molecule has 0 radical (unpaired) electrons. The first-order valence-corrected chi connectivity index (χ1v) is 7.76. The molecule has 1 N–H and O–H groups in total. The standard InChI is InChI=1S/C16H24ClNO/c1-13-8-9-16(15(17)12-13)19-11-5-10-18-14-6-3-2-4-7-14/h8-9,12,14,18H,2-7,10-11H2,1H3. The van der Waals surface area contributed by atoms with Gasteiger partial charge in [0.25, 0.3) is 0 Å². The van der Waals surface area contributed by atoms with E-state index in [1.165, 1.54) is 32.1 Å². The Kier molecular flexibility index (Phi) is 5.99. The molecule has 106 valence electrons. The molecule has 0 amide bonds. The van der Waals surface area contributed by atoms with Crippen molar-refractivity contribution in [2.24, 2.45) is 0 Å². The largest absolute Gasteiger partial charge is 0.492 e. The number of halogens is 1. The number of aryl methyl sites for hydroxylation is 1. The lowest BCUT2D eigenvalue weighted by Crippen LogP contribution is -2.32. The predicted octanol–water partition coefficient (Wildman–Crippen LogP) is 4.34. The first kappa shape index (κ1) is 14.7. The van der Waals surface area contributed by atoms with Crippen molar-refractivity contribution in [3.8, 4) is 5.75 Å². The SMILES string of the molecule is Cc1ccc(OCCCNC2CCCCC2)c(Cl)c1. The van der Waals surface area contributed by atoms with E-state index in [0.717, 1.165) is 36.9 Å². The summed E-state index contributed by atoms with van der Waals surface area (Å²) in [6.07, 6.45) is 7.88. The van der Waals surface area contributed by atoms with Crippen LogP contribution in [0.15, 0.2) is 18.2 Å². The van der Waals surface area contributed by atoms with E-state index in [0.29, 0.717) is 5.02 Å². The Balaban J connectivity index is 1.61. The van der Waals surface area contributed by atoms with Crippen molar-refractivity contribution < 1.29 is 4.74 Å². The summed E-state index contributed by atoms with van der Waals surface area (Å²) in [5, 5.41) is 4.33. The summed E-state index contributed by atoms with van der Waals surface area (Å²) >= 11 is 6.12. The molecule has 3 heteroatoms. The Morgan fingerprint density at radius 1 is 1.26 bits per heavy atom. The third-order valence-electron chi connectivity index (χ3n) is 3.70. The molecule has 1 aromatic carbocycles. The molecule has 19 heavy (non-hydrogen) atoms. The van der Waals surface area contributed by atoms with Gasteiger partial charge in [-0.15, -0.1) is 0 Å². The van der Waals surface area contributed by atoms with Gasteiger partial charge in [-0.3, -0.25) is 0 Å². The van der Waals surface area contributed by atoms with Crippen molar-refractivity contribution in [3.05, 3.63) is 28.8 Å². The Bertz CT molecular complexity index is 388. The van der Waals surface area contributed by atoms with Gasteiger partial charge in [-0.1, -0.05) is 36.9 Å². The van der Waals surface area contributed by atoms with E-state index in [1.807, 2.05) is 25.1 Å². The van der Waals surface area contributed by atoms with E-state index in [4.69, 9.17) is 16.3 Å². The normalized spacial score (nSPS) is 16.5. The minimum atomic E-state index is 0.709. The van der Waals surface area contributed by atoms with E-state index in [2.05, 4.69) is 5.32 Å². The van der Waals surface area contributed by atoms with Crippen LogP contribution in [0.2, 0.25) is 5.02 Å². The smallest absolute Gasteiger partial charge is 0.137 e. The highest BCUT2D eigenvalue weighted by Crippen LogP contribution is 2.25. The maximum atomic E-state index is 6.12. The number of ether oxygens (including phenoxy) is 1. The van der Waals surface area contributed by atoms with Gasteiger partial charge in [0.1, 0.15) is 5.75 Å². The first-order chi connectivity index (χ1) is 9.25. The number of nitrogens with one attached hydrogen (secondary N) is 1. The van der Waals surface area contributed by atoms with E-state index in [9.17, 15) is 0 Å².